The Bertz CT molecular complexity index is 251. The molecule has 0 fully saturated rings. The minimum absolute atomic E-state index is 0.527. The monoisotopic (exact) mass is 290 g/mol. The normalized spacial score (nSPS) is 15.7. The fraction of sp³-hybridized carbons (Fsp3) is 0.857. The quantitative estimate of drug-likeness (QED) is 0.541. The van der Waals surface area contributed by atoms with Gasteiger partial charge in [-0.1, -0.05) is 41.5 Å². The summed E-state index contributed by atoms with van der Waals surface area (Å²) in [5.41, 5.74) is 1.59. The van der Waals surface area contributed by atoms with Crippen LogP contribution in [0.2, 0.25) is 16.6 Å². The van der Waals surface area contributed by atoms with Gasteiger partial charge in [0.2, 0.25) is 0 Å². The highest BCUT2D eigenvalue weighted by Gasteiger charge is 2.47. The summed E-state index contributed by atoms with van der Waals surface area (Å²) >= 11 is 1.59. The van der Waals surface area contributed by atoms with Crippen molar-refractivity contribution in [1.29, 1.82) is 0 Å². The topological polar surface area (TPSA) is 29.5 Å². The Balaban J connectivity index is 5.40. The first-order chi connectivity index (χ1) is 8.20. The molecule has 0 aliphatic rings. The van der Waals surface area contributed by atoms with Crippen molar-refractivity contribution in [3.05, 3.63) is 11.2 Å². The Labute approximate surface area is 118 Å². The highest BCUT2D eigenvalue weighted by Crippen LogP contribution is 2.44. The van der Waals surface area contributed by atoms with Gasteiger partial charge in [-0.25, -0.2) is 0 Å². The number of hydrogen-bond donors (Lipinski definition) is 1. The second kappa shape index (κ2) is 7.61. The van der Waals surface area contributed by atoms with E-state index in [1.807, 2.05) is 11.7 Å². The molecule has 0 amide bonds. The average molecular weight is 291 g/mol. The van der Waals surface area contributed by atoms with E-state index in [-0.39, 0.29) is 0 Å². The predicted octanol–water partition coefficient (Wildman–Crippen LogP) is 4.76. The molecule has 0 saturated heterocycles. The van der Waals surface area contributed by atoms with Gasteiger partial charge in [-0.2, -0.15) is 0 Å². The van der Waals surface area contributed by atoms with Crippen molar-refractivity contribution in [2.75, 3.05) is 6.26 Å². The van der Waals surface area contributed by atoms with Crippen LogP contribution in [-0.4, -0.2) is 25.8 Å². The van der Waals surface area contributed by atoms with Crippen LogP contribution in [0.25, 0.3) is 0 Å². The summed E-state index contributed by atoms with van der Waals surface area (Å²) in [5.74, 6) is 0.741. The van der Waals surface area contributed by atoms with Crippen molar-refractivity contribution in [3.63, 3.8) is 0 Å². The summed E-state index contributed by atoms with van der Waals surface area (Å²) < 4.78 is 6.45. The summed E-state index contributed by atoms with van der Waals surface area (Å²) in [6.07, 6.45) is 1.47. The van der Waals surface area contributed by atoms with Crippen molar-refractivity contribution in [2.45, 2.75) is 71.2 Å². The van der Waals surface area contributed by atoms with Crippen LogP contribution in [-0.2, 0) is 4.43 Å². The van der Waals surface area contributed by atoms with Crippen LogP contribution >= 0.6 is 11.8 Å². The van der Waals surface area contributed by atoms with Crippen LogP contribution in [0.4, 0.5) is 0 Å². The molecular formula is C14H30O2SSi. The fourth-order valence-electron chi connectivity index (χ4n) is 2.88. The van der Waals surface area contributed by atoms with Crippen molar-refractivity contribution >= 4 is 20.1 Å². The second-order valence-electron chi connectivity index (χ2n) is 5.85. The minimum atomic E-state index is -1.93. The zero-order valence-corrected chi connectivity index (χ0v) is 15.0. The van der Waals surface area contributed by atoms with E-state index in [1.165, 1.54) is 0 Å². The molecule has 0 aromatic carbocycles. The van der Waals surface area contributed by atoms with Crippen LogP contribution < -0.4 is 0 Å². The molecule has 108 valence electrons. The Morgan fingerprint density at radius 1 is 1.00 bits per heavy atom. The lowest BCUT2D eigenvalue weighted by Crippen LogP contribution is -2.48. The van der Waals surface area contributed by atoms with E-state index in [1.54, 1.807) is 18.7 Å². The molecule has 0 spiro atoms. The van der Waals surface area contributed by atoms with Gasteiger partial charge in [-0.15, -0.1) is 11.8 Å². The van der Waals surface area contributed by atoms with Gasteiger partial charge in [-0.05, 0) is 29.8 Å². The molecule has 0 aromatic rings. The van der Waals surface area contributed by atoms with Gasteiger partial charge in [0.15, 0.2) is 0 Å². The van der Waals surface area contributed by atoms with Gasteiger partial charge in [0.25, 0.3) is 8.32 Å². The van der Waals surface area contributed by atoms with Crippen molar-refractivity contribution in [2.24, 2.45) is 0 Å². The average Bonchev–Trinajstić information content (AvgIpc) is 2.21. The predicted molar refractivity (Wildman–Crippen MR) is 85.4 cm³/mol. The Kier molecular flexibility index (Phi) is 7.63. The molecule has 0 aliphatic heterocycles. The van der Waals surface area contributed by atoms with Gasteiger partial charge >= 0.3 is 0 Å². The standard InChI is InChI=1S/C14H30O2SSi/c1-10(2)18(11(3)4,12(5)6)16-14(9-17-8)13(7)15/h9-13,15H,1-8H3/b14-9-. The Morgan fingerprint density at radius 3 is 1.61 bits per heavy atom. The maximum absolute atomic E-state index is 9.87. The molecule has 0 saturated carbocycles. The van der Waals surface area contributed by atoms with Crippen LogP contribution in [0.3, 0.4) is 0 Å². The molecule has 1 unspecified atom stereocenters. The number of rotatable bonds is 7. The smallest absolute Gasteiger partial charge is 0.258 e. The fourth-order valence-corrected chi connectivity index (χ4v) is 8.79. The van der Waals surface area contributed by atoms with Crippen molar-refractivity contribution in [3.8, 4) is 0 Å². The Morgan fingerprint density at radius 2 is 1.39 bits per heavy atom. The van der Waals surface area contributed by atoms with Crippen LogP contribution in [0.15, 0.2) is 11.2 Å². The van der Waals surface area contributed by atoms with E-state index in [0.717, 1.165) is 5.76 Å². The number of aliphatic hydroxyl groups is 1. The molecule has 1 N–H and O–H groups in total. The van der Waals surface area contributed by atoms with E-state index in [4.69, 9.17) is 4.43 Å². The molecule has 18 heavy (non-hydrogen) atoms. The van der Waals surface area contributed by atoms with Crippen LogP contribution in [0.5, 0.6) is 0 Å². The number of hydrogen-bond acceptors (Lipinski definition) is 3. The molecule has 2 nitrogen and oxygen atoms in total. The number of aliphatic hydroxyl groups excluding tert-OH is 1. The zero-order chi connectivity index (χ0) is 14.5. The van der Waals surface area contributed by atoms with Crippen LogP contribution in [0, 0.1) is 0 Å². The lowest BCUT2D eigenvalue weighted by atomic mass is 10.4. The summed E-state index contributed by atoms with van der Waals surface area (Å²) in [6.45, 7) is 15.3. The number of thioether (sulfide) groups is 1. The first-order valence-corrected chi connectivity index (χ1v) is 10.2. The van der Waals surface area contributed by atoms with E-state index in [2.05, 4.69) is 41.5 Å². The molecule has 0 bridgehead atoms. The summed E-state index contributed by atoms with van der Waals surface area (Å²) in [5, 5.41) is 11.8. The molecular weight excluding hydrogens is 260 g/mol. The zero-order valence-electron chi connectivity index (χ0n) is 13.2. The van der Waals surface area contributed by atoms with Gasteiger partial charge < -0.3 is 9.53 Å². The van der Waals surface area contributed by atoms with E-state index >= 15 is 0 Å². The van der Waals surface area contributed by atoms with Gasteiger partial charge in [0.05, 0.1) is 0 Å². The third-order valence-electron chi connectivity index (χ3n) is 3.65. The lowest BCUT2D eigenvalue weighted by Gasteiger charge is -2.43. The maximum atomic E-state index is 9.87. The Hall–Kier alpha value is 0.0669. The third-order valence-corrected chi connectivity index (χ3v) is 10.1. The van der Waals surface area contributed by atoms with E-state index < -0.39 is 14.4 Å². The summed E-state index contributed by atoms with van der Waals surface area (Å²) in [6, 6.07) is 0. The van der Waals surface area contributed by atoms with Gasteiger partial charge in [0, 0.05) is 5.41 Å². The highest BCUT2D eigenvalue weighted by atomic mass is 32.2. The maximum Gasteiger partial charge on any atom is 0.258 e. The van der Waals surface area contributed by atoms with Gasteiger partial charge in [-0.3, -0.25) is 0 Å². The first kappa shape index (κ1) is 18.1. The second-order valence-corrected chi connectivity index (χ2v) is 11.9. The van der Waals surface area contributed by atoms with E-state index in [0.29, 0.717) is 16.6 Å². The summed E-state index contributed by atoms with van der Waals surface area (Å²) in [7, 11) is -1.93. The molecule has 4 heteroatoms. The molecule has 0 rings (SSSR count). The SMILES string of the molecule is CS/C=C(\O[Si](C(C)C)(C(C)C)C(C)C)C(C)O. The van der Waals surface area contributed by atoms with Gasteiger partial charge in [0.1, 0.15) is 11.9 Å². The first-order valence-electron chi connectivity index (χ1n) is 6.80. The van der Waals surface area contributed by atoms with Crippen LogP contribution in [0.1, 0.15) is 48.5 Å². The molecule has 0 aliphatic carbocycles. The highest BCUT2D eigenvalue weighted by molar-refractivity contribution is 8.01. The molecule has 0 radical (unpaired) electrons. The van der Waals surface area contributed by atoms with Crippen molar-refractivity contribution < 1.29 is 9.53 Å². The minimum Gasteiger partial charge on any atom is -0.543 e. The molecule has 0 aromatic heterocycles. The molecule has 1 atom stereocenters. The van der Waals surface area contributed by atoms with E-state index in [9.17, 15) is 5.11 Å². The third kappa shape index (κ3) is 4.03. The van der Waals surface area contributed by atoms with Crippen molar-refractivity contribution in [1.82, 2.24) is 0 Å². The summed E-state index contributed by atoms with van der Waals surface area (Å²) in [4.78, 5) is 0. The molecule has 0 heterocycles. The largest absolute Gasteiger partial charge is 0.543 e. The lowest BCUT2D eigenvalue weighted by molar-refractivity contribution is 0.170.